The monoisotopic (exact) mass is 370 g/mol. The highest BCUT2D eigenvalue weighted by Gasteiger charge is 2.29. The van der Waals surface area contributed by atoms with Crippen LogP contribution in [0.1, 0.15) is 48.9 Å². The number of nitrogens with zero attached hydrogens (tertiary/aromatic N) is 3. The molecule has 0 unspecified atom stereocenters. The first-order valence-corrected chi connectivity index (χ1v) is 10.2. The summed E-state index contributed by atoms with van der Waals surface area (Å²) in [5.74, 6) is 0.700. The van der Waals surface area contributed by atoms with Crippen LogP contribution in [0.3, 0.4) is 0 Å². The summed E-state index contributed by atoms with van der Waals surface area (Å²) in [6, 6.07) is 2.66. The Morgan fingerprint density at radius 1 is 1.26 bits per heavy atom. The standard InChI is InChI=1S/C21H30N4O2/c1-23(11-7-15-8-12-25(13-9-15)16-4-3-5-16)20(26)18-14-24(2)21(27)19-17(18)6-10-22-19/h6,10,14-16,22H,3-5,7-9,11-13H2,1-2H3. The Bertz CT molecular complexity index is 872. The topological polar surface area (TPSA) is 61.3 Å². The number of piperidine rings is 1. The molecule has 1 amide bonds. The lowest BCUT2D eigenvalue weighted by Gasteiger charge is -2.42. The number of hydrogen-bond acceptors (Lipinski definition) is 3. The van der Waals surface area contributed by atoms with Crippen LogP contribution in [0, 0.1) is 5.92 Å². The van der Waals surface area contributed by atoms with Crippen molar-refractivity contribution in [2.75, 3.05) is 26.7 Å². The van der Waals surface area contributed by atoms with Crippen LogP contribution in [-0.2, 0) is 7.05 Å². The predicted octanol–water partition coefficient (Wildman–Crippen LogP) is 2.59. The van der Waals surface area contributed by atoms with Gasteiger partial charge in [-0.2, -0.15) is 0 Å². The lowest BCUT2D eigenvalue weighted by molar-refractivity contribution is 0.0718. The van der Waals surface area contributed by atoms with Gasteiger partial charge in [-0.1, -0.05) is 6.42 Å². The van der Waals surface area contributed by atoms with Gasteiger partial charge in [0.15, 0.2) is 0 Å². The zero-order chi connectivity index (χ0) is 19.0. The summed E-state index contributed by atoms with van der Waals surface area (Å²) in [4.78, 5) is 32.6. The second kappa shape index (κ2) is 7.50. The van der Waals surface area contributed by atoms with E-state index in [2.05, 4.69) is 9.88 Å². The fourth-order valence-corrected chi connectivity index (χ4v) is 4.48. The van der Waals surface area contributed by atoms with Gasteiger partial charge in [0.25, 0.3) is 11.5 Å². The zero-order valence-corrected chi connectivity index (χ0v) is 16.4. The number of likely N-dealkylation sites (tertiary alicyclic amines) is 1. The van der Waals surface area contributed by atoms with Gasteiger partial charge in [0, 0.05) is 44.5 Å². The second-order valence-corrected chi connectivity index (χ2v) is 8.30. The summed E-state index contributed by atoms with van der Waals surface area (Å²) in [6.07, 6.45) is 11.1. The molecule has 0 radical (unpaired) electrons. The third kappa shape index (κ3) is 3.55. The Labute approximate surface area is 160 Å². The number of rotatable bonds is 5. The van der Waals surface area contributed by atoms with Gasteiger partial charge in [-0.15, -0.1) is 0 Å². The van der Waals surface area contributed by atoms with Gasteiger partial charge in [-0.25, -0.2) is 0 Å². The molecule has 0 spiro atoms. The third-order valence-corrected chi connectivity index (χ3v) is 6.58. The molecule has 1 aliphatic heterocycles. The highest BCUT2D eigenvalue weighted by atomic mass is 16.2. The molecule has 1 aliphatic carbocycles. The average molecular weight is 370 g/mol. The minimum absolute atomic E-state index is 0.0119. The number of aromatic amines is 1. The smallest absolute Gasteiger partial charge is 0.274 e. The number of hydrogen-bond donors (Lipinski definition) is 1. The molecular formula is C21H30N4O2. The Balaban J connectivity index is 1.35. The summed E-state index contributed by atoms with van der Waals surface area (Å²) >= 11 is 0. The van der Waals surface area contributed by atoms with Crippen molar-refractivity contribution < 1.29 is 4.79 Å². The van der Waals surface area contributed by atoms with Crippen molar-refractivity contribution >= 4 is 16.8 Å². The van der Waals surface area contributed by atoms with Crippen LogP contribution in [0.15, 0.2) is 23.3 Å². The van der Waals surface area contributed by atoms with Crippen LogP contribution < -0.4 is 5.56 Å². The van der Waals surface area contributed by atoms with Crippen molar-refractivity contribution in [3.8, 4) is 0 Å². The molecule has 0 aromatic carbocycles. The van der Waals surface area contributed by atoms with Gasteiger partial charge in [-0.05, 0) is 57.2 Å². The fraction of sp³-hybridized carbons (Fsp3) is 0.619. The molecular weight excluding hydrogens is 340 g/mol. The normalized spacial score (nSPS) is 19.3. The number of fused-ring (bicyclic) bond motifs is 1. The van der Waals surface area contributed by atoms with Crippen molar-refractivity contribution in [3.05, 3.63) is 34.4 Å². The molecule has 2 fully saturated rings. The third-order valence-electron chi connectivity index (χ3n) is 6.58. The van der Waals surface area contributed by atoms with E-state index < -0.39 is 0 Å². The molecule has 1 saturated heterocycles. The van der Waals surface area contributed by atoms with E-state index in [0.29, 0.717) is 22.4 Å². The fourth-order valence-electron chi connectivity index (χ4n) is 4.48. The van der Waals surface area contributed by atoms with E-state index in [1.807, 2.05) is 18.0 Å². The molecule has 2 aromatic rings. The maximum absolute atomic E-state index is 13.0. The molecule has 6 heteroatoms. The summed E-state index contributed by atoms with van der Waals surface area (Å²) < 4.78 is 1.48. The number of amides is 1. The van der Waals surface area contributed by atoms with Crippen LogP contribution in [0.2, 0.25) is 0 Å². The lowest BCUT2D eigenvalue weighted by Crippen LogP contribution is -2.45. The molecule has 1 N–H and O–H groups in total. The Hall–Kier alpha value is -2.08. The SMILES string of the molecule is CN(CCC1CCN(C2CCC2)CC1)C(=O)c1cn(C)c(=O)c2[nH]ccc12. The van der Waals surface area contributed by atoms with Gasteiger partial charge in [-0.3, -0.25) is 9.59 Å². The minimum atomic E-state index is -0.104. The van der Waals surface area contributed by atoms with Crippen molar-refractivity contribution in [3.63, 3.8) is 0 Å². The lowest BCUT2D eigenvalue weighted by atomic mass is 9.87. The van der Waals surface area contributed by atoms with Gasteiger partial charge < -0.3 is 19.4 Å². The summed E-state index contributed by atoms with van der Waals surface area (Å²) in [7, 11) is 3.56. The van der Waals surface area contributed by atoms with E-state index >= 15 is 0 Å². The van der Waals surface area contributed by atoms with Gasteiger partial charge in [0.1, 0.15) is 5.52 Å². The molecule has 4 rings (SSSR count). The van der Waals surface area contributed by atoms with Crippen molar-refractivity contribution in [1.29, 1.82) is 0 Å². The van der Waals surface area contributed by atoms with Crippen LogP contribution in [0.25, 0.3) is 10.9 Å². The van der Waals surface area contributed by atoms with Crippen LogP contribution in [0.5, 0.6) is 0 Å². The van der Waals surface area contributed by atoms with Gasteiger partial charge >= 0.3 is 0 Å². The van der Waals surface area contributed by atoms with Gasteiger partial charge in [0.05, 0.1) is 5.56 Å². The number of carbonyl (C=O) groups is 1. The Kier molecular flexibility index (Phi) is 5.08. The number of H-pyrrole nitrogens is 1. The van der Waals surface area contributed by atoms with Crippen LogP contribution in [0.4, 0.5) is 0 Å². The van der Waals surface area contributed by atoms with E-state index in [-0.39, 0.29) is 11.5 Å². The van der Waals surface area contributed by atoms with Crippen molar-refractivity contribution in [2.45, 2.75) is 44.6 Å². The average Bonchev–Trinajstić information content (AvgIpc) is 3.12. The van der Waals surface area contributed by atoms with Crippen LogP contribution >= 0.6 is 0 Å². The predicted molar refractivity (Wildman–Crippen MR) is 107 cm³/mol. The molecule has 146 valence electrons. The molecule has 27 heavy (non-hydrogen) atoms. The van der Waals surface area contributed by atoms with E-state index in [1.54, 1.807) is 19.4 Å². The maximum atomic E-state index is 13.0. The summed E-state index contributed by atoms with van der Waals surface area (Å²) in [6.45, 7) is 3.21. The molecule has 0 atom stereocenters. The number of aryl methyl sites for hydroxylation is 1. The second-order valence-electron chi connectivity index (χ2n) is 8.30. The molecule has 3 heterocycles. The van der Waals surface area contributed by atoms with E-state index in [4.69, 9.17) is 0 Å². The summed E-state index contributed by atoms with van der Waals surface area (Å²) in [5, 5.41) is 0.712. The van der Waals surface area contributed by atoms with E-state index in [1.165, 1.54) is 49.8 Å². The summed E-state index contributed by atoms with van der Waals surface area (Å²) in [5.41, 5.74) is 0.989. The Morgan fingerprint density at radius 2 is 2.00 bits per heavy atom. The first-order chi connectivity index (χ1) is 13.0. The molecule has 2 aliphatic rings. The number of carbonyl (C=O) groups excluding carboxylic acids is 1. The first kappa shape index (κ1) is 18.3. The molecule has 6 nitrogen and oxygen atoms in total. The van der Waals surface area contributed by atoms with Crippen molar-refractivity contribution in [1.82, 2.24) is 19.4 Å². The number of pyridine rings is 1. The number of nitrogens with one attached hydrogen (secondary N) is 1. The molecule has 0 bridgehead atoms. The highest BCUT2D eigenvalue weighted by Crippen LogP contribution is 2.30. The Morgan fingerprint density at radius 3 is 2.67 bits per heavy atom. The molecule has 1 saturated carbocycles. The number of aromatic nitrogens is 2. The van der Waals surface area contributed by atoms with Crippen molar-refractivity contribution in [2.24, 2.45) is 13.0 Å². The maximum Gasteiger partial charge on any atom is 0.274 e. The first-order valence-electron chi connectivity index (χ1n) is 10.2. The minimum Gasteiger partial charge on any atom is -0.357 e. The largest absolute Gasteiger partial charge is 0.357 e. The molecule has 2 aromatic heterocycles. The van der Waals surface area contributed by atoms with E-state index in [0.717, 1.165) is 19.0 Å². The van der Waals surface area contributed by atoms with Crippen LogP contribution in [-0.4, -0.2) is 58.0 Å². The quantitative estimate of drug-likeness (QED) is 0.880. The highest BCUT2D eigenvalue weighted by molar-refractivity contribution is 6.05. The zero-order valence-electron chi connectivity index (χ0n) is 16.4. The van der Waals surface area contributed by atoms with Gasteiger partial charge in [0.2, 0.25) is 0 Å². The van der Waals surface area contributed by atoms with E-state index in [9.17, 15) is 9.59 Å².